The van der Waals surface area contributed by atoms with Crippen LogP contribution in [0.25, 0.3) is 17.2 Å². The Morgan fingerprint density at radius 3 is 2.73 bits per heavy atom. The molecule has 2 aromatic heterocycles. The highest BCUT2D eigenvalue weighted by Crippen LogP contribution is 2.26. The summed E-state index contributed by atoms with van der Waals surface area (Å²) in [6.45, 7) is 3.81. The maximum Gasteiger partial charge on any atom is 0.446 e. The third kappa shape index (κ3) is 2.37. The van der Waals surface area contributed by atoms with Crippen LogP contribution in [0.15, 0.2) is 36.6 Å². The van der Waals surface area contributed by atoms with Gasteiger partial charge < -0.3 is 0 Å². The highest BCUT2D eigenvalue weighted by Gasteiger charge is 2.24. The van der Waals surface area contributed by atoms with E-state index in [1.54, 1.807) is 0 Å². The first kappa shape index (κ1) is 14.6. The number of hydrogen-bond donors (Lipinski definition) is 0. The van der Waals surface area contributed by atoms with Gasteiger partial charge in [0.1, 0.15) is 11.5 Å². The minimum absolute atomic E-state index is 0.0152. The number of rotatable bonds is 3. The third-order valence-corrected chi connectivity index (χ3v) is 3.65. The van der Waals surface area contributed by atoms with Crippen molar-refractivity contribution in [2.24, 2.45) is 0 Å². The second-order valence-electron chi connectivity index (χ2n) is 4.86. The molecular formula is C13H10BrFN4O3. The molecule has 0 unspecified atom stereocenters. The van der Waals surface area contributed by atoms with Crippen molar-refractivity contribution in [1.29, 1.82) is 0 Å². The van der Waals surface area contributed by atoms with Crippen molar-refractivity contribution in [2.75, 3.05) is 0 Å². The van der Waals surface area contributed by atoms with Gasteiger partial charge in [-0.25, -0.2) is 18.4 Å². The monoisotopic (exact) mass is 368 g/mol. The Balaban J connectivity index is 2.22. The van der Waals surface area contributed by atoms with E-state index in [9.17, 15) is 9.18 Å². The Morgan fingerprint density at radius 1 is 1.27 bits per heavy atom. The summed E-state index contributed by atoms with van der Waals surface area (Å²) in [5.74, 6) is -0.998. The van der Waals surface area contributed by atoms with Gasteiger partial charge in [0.2, 0.25) is 5.82 Å². The van der Waals surface area contributed by atoms with Crippen molar-refractivity contribution in [3.8, 4) is 17.2 Å². The van der Waals surface area contributed by atoms with Crippen LogP contribution in [0.2, 0.25) is 0 Å². The van der Waals surface area contributed by atoms with Crippen LogP contribution < -0.4 is 5.76 Å². The molecule has 0 atom stereocenters. The number of hydrogen-bond acceptors (Lipinski definition) is 6. The zero-order valence-electron chi connectivity index (χ0n) is 11.6. The molecule has 0 saturated heterocycles. The average molecular weight is 369 g/mol. The van der Waals surface area contributed by atoms with E-state index >= 15 is 0 Å². The van der Waals surface area contributed by atoms with E-state index in [1.165, 1.54) is 22.8 Å². The molecule has 114 valence electrons. The van der Waals surface area contributed by atoms with Crippen LogP contribution in [-0.2, 0) is 0 Å². The molecular weight excluding hydrogens is 359 g/mol. The van der Waals surface area contributed by atoms with Crippen molar-refractivity contribution in [3.05, 3.63) is 44.7 Å². The molecule has 2 heterocycles. The normalized spacial score (nSPS) is 11.3. The molecule has 9 heteroatoms. The Kier molecular flexibility index (Phi) is 3.65. The van der Waals surface area contributed by atoms with E-state index in [0.29, 0.717) is 17.1 Å². The third-order valence-electron chi connectivity index (χ3n) is 3.04. The summed E-state index contributed by atoms with van der Waals surface area (Å²) in [7, 11) is 0. The van der Waals surface area contributed by atoms with E-state index in [0.717, 1.165) is 0 Å². The summed E-state index contributed by atoms with van der Waals surface area (Å²) in [5.41, 5.74) is 1.23. The van der Waals surface area contributed by atoms with Crippen LogP contribution >= 0.6 is 15.9 Å². The molecule has 22 heavy (non-hydrogen) atoms. The van der Waals surface area contributed by atoms with Gasteiger partial charge in [0, 0.05) is 5.92 Å². The van der Waals surface area contributed by atoms with Gasteiger partial charge in [-0.15, -0.1) is 0 Å². The predicted octanol–water partition coefficient (Wildman–Crippen LogP) is 2.90. The van der Waals surface area contributed by atoms with Gasteiger partial charge in [-0.05, 0) is 39.3 Å². The van der Waals surface area contributed by atoms with Crippen molar-refractivity contribution in [1.82, 2.24) is 20.0 Å². The van der Waals surface area contributed by atoms with E-state index in [1.807, 2.05) is 13.8 Å². The fourth-order valence-electron chi connectivity index (χ4n) is 1.98. The summed E-state index contributed by atoms with van der Waals surface area (Å²) in [5, 5.41) is 11.3. The first-order chi connectivity index (χ1) is 10.5. The smallest absolute Gasteiger partial charge is 0.295 e. The summed E-state index contributed by atoms with van der Waals surface area (Å²) < 4.78 is 24.2. The zero-order chi connectivity index (χ0) is 15.9. The number of aromatic nitrogens is 4. The minimum atomic E-state index is -0.716. The molecule has 7 nitrogen and oxygen atoms in total. The standard InChI is InChI=1S/C13H10BrFN4O3/c1-6(2)10-11(17-22-16-10)12-18-21-13(20)19(12)7-3-4-9(15)8(14)5-7/h3-6H,1-2H3. The van der Waals surface area contributed by atoms with Crippen LogP contribution in [-0.4, -0.2) is 20.0 Å². The van der Waals surface area contributed by atoms with E-state index in [4.69, 9.17) is 9.15 Å². The molecule has 0 saturated carbocycles. The molecule has 0 bridgehead atoms. The fraction of sp³-hybridized carbons (Fsp3) is 0.231. The molecule has 0 N–H and O–H groups in total. The summed E-state index contributed by atoms with van der Waals surface area (Å²) in [4.78, 5) is 12.0. The predicted molar refractivity (Wildman–Crippen MR) is 77.1 cm³/mol. The molecule has 0 aliphatic rings. The highest BCUT2D eigenvalue weighted by atomic mass is 79.9. The first-order valence-corrected chi connectivity index (χ1v) is 7.15. The van der Waals surface area contributed by atoms with Crippen molar-refractivity contribution in [3.63, 3.8) is 0 Å². The lowest BCUT2D eigenvalue weighted by molar-refractivity contribution is 0.302. The Bertz CT molecular complexity index is 884. The number of nitrogens with zero attached hydrogens (tertiary/aromatic N) is 4. The molecule has 0 aliphatic heterocycles. The molecule has 0 spiro atoms. The van der Waals surface area contributed by atoms with Gasteiger partial charge in [-0.2, -0.15) is 0 Å². The maximum absolute atomic E-state index is 13.4. The van der Waals surface area contributed by atoms with Gasteiger partial charge in [-0.1, -0.05) is 24.2 Å². The van der Waals surface area contributed by atoms with E-state index in [2.05, 4.69) is 31.4 Å². The molecule has 0 radical (unpaired) electrons. The second-order valence-corrected chi connectivity index (χ2v) is 5.71. The molecule has 0 amide bonds. The molecule has 3 aromatic rings. The fourth-order valence-corrected chi connectivity index (χ4v) is 2.35. The Morgan fingerprint density at radius 2 is 2.05 bits per heavy atom. The lowest BCUT2D eigenvalue weighted by Gasteiger charge is -2.05. The molecule has 1 aromatic carbocycles. The minimum Gasteiger partial charge on any atom is -0.295 e. The van der Waals surface area contributed by atoms with Crippen LogP contribution in [0.5, 0.6) is 0 Å². The van der Waals surface area contributed by atoms with Crippen LogP contribution in [0.3, 0.4) is 0 Å². The van der Waals surface area contributed by atoms with Gasteiger partial charge >= 0.3 is 5.76 Å². The zero-order valence-corrected chi connectivity index (χ0v) is 13.2. The largest absolute Gasteiger partial charge is 0.446 e. The topological polar surface area (TPSA) is 87.0 Å². The summed E-state index contributed by atoms with van der Waals surface area (Å²) in [6.07, 6.45) is 0. The van der Waals surface area contributed by atoms with Crippen LogP contribution in [0.4, 0.5) is 4.39 Å². The average Bonchev–Trinajstić information content (AvgIpc) is 3.08. The SMILES string of the molecule is CC(C)c1nonc1-c1noc(=O)n1-c1ccc(F)c(Br)c1. The van der Waals surface area contributed by atoms with Gasteiger partial charge in [0.15, 0.2) is 5.69 Å². The lowest BCUT2D eigenvalue weighted by atomic mass is 10.1. The molecule has 0 aliphatic carbocycles. The van der Waals surface area contributed by atoms with Crippen LogP contribution in [0, 0.1) is 5.82 Å². The Labute approximate surface area is 131 Å². The van der Waals surface area contributed by atoms with Gasteiger partial charge in [-0.3, -0.25) is 4.52 Å². The quantitative estimate of drug-likeness (QED) is 0.706. The van der Waals surface area contributed by atoms with Crippen molar-refractivity contribution < 1.29 is 13.5 Å². The second kappa shape index (κ2) is 5.48. The van der Waals surface area contributed by atoms with Crippen molar-refractivity contribution >= 4 is 15.9 Å². The van der Waals surface area contributed by atoms with Gasteiger partial charge in [0.05, 0.1) is 10.2 Å². The first-order valence-electron chi connectivity index (χ1n) is 6.36. The summed E-state index contributed by atoms with van der Waals surface area (Å²) >= 11 is 3.08. The lowest BCUT2D eigenvalue weighted by Crippen LogP contribution is -2.14. The van der Waals surface area contributed by atoms with Crippen LogP contribution in [0.1, 0.15) is 25.5 Å². The van der Waals surface area contributed by atoms with E-state index < -0.39 is 11.6 Å². The maximum atomic E-state index is 13.4. The Hall–Kier alpha value is -2.29. The van der Waals surface area contributed by atoms with E-state index in [-0.39, 0.29) is 16.2 Å². The highest BCUT2D eigenvalue weighted by molar-refractivity contribution is 9.10. The number of halogens is 2. The van der Waals surface area contributed by atoms with Gasteiger partial charge in [0.25, 0.3) is 0 Å². The summed E-state index contributed by atoms with van der Waals surface area (Å²) in [6, 6.07) is 4.11. The molecule has 0 fully saturated rings. The molecule has 3 rings (SSSR count). The number of benzene rings is 1. The van der Waals surface area contributed by atoms with Crippen molar-refractivity contribution in [2.45, 2.75) is 19.8 Å².